The number of amides is 2. The average molecular weight is 342 g/mol. The minimum atomic E-state index is -0.917. The van der Waals surface area contributed by atoms with E-state index in [9.17, 15) is 19.5 Å². The molecule has 2 bridgehead atoms. The maximum absolute atomic E-state index is 12.6. The molecule has 0 aliphatic heterocycles. The minimum Gasteiger partial charge on any atom is -0.481 e. The van der Waals surface area contributed by atoms with Gasteiger partial charge < -0.3 is 15.7 Å². The van der Waals surface area contributed by atoms with Crippen molar-refractivity contribution in [3.05, 3.63) is 42.0 Å². The molecule has 2 aliphatic carbocycles. The molecule has 6 heteroatoms. The van der Waals surface area contributed by atoms with Gasteiger partial charge >= 0.3 is 5.97 Å². The molecular formula is C19H22N2O4. The predicted molar refractivity (Wildman–Crippen MR) is 93.0 cm³/mol. The number of carboxylic acid groups (broad SMARTS) is 1. The molecule has 0 saturated heterocycles. The Kier molecular flexibility index (Phi) is 4.88. The van der Waals surface area contributed by atoms with Gasteiger partial charge in [0.2, 0.25) is 5.91 Å². The molecular weight excluding hydrogens is 320 g/mol. The molecule has 1 aromatic carbocycles. The van der Waals surface area contributed by atoms with Crippen LogP contribution in [0.25, 0.3) is 0 Å². The van der Waals surface area contributed by atoms with Crippen LogP contribution < -0.4 is 10.6 Å². The van der Waals surface area contributed by atoms with Gasteiger partial charge in [-0.15, -0.1) is 0 Å². The van der Waals surface area contributed by atoms with Crippen molar-refractivity contribution in [2.45, 2.75) is 19.8 Å². The third-order valence-corrected chi connectivity index (χ3v) is 5.00. The summed E-state index contributed by atoms with van der Waals surface area (Å²) in [6.07, 6.45) is 5.46. The van der Waals surface area contributed by atoms with Crippen molar-refractivity contribution in [3.63, 3.8) is 0 Å². The third kappa shape index (κ3) is 3.43. The Morgan fingerprint density at radius 3 is 2.32 bits per heavy atom. The van der Waals surface area contributed by atoms with Crippen molar-refractivity contribution in [1.82, 2.24) is 5.32 Å². The van der Waals surface area contributed by atoms with E-state index in [2.05, 4.69) is 10.6 Å². The van der Waals surface area contributed by atoms with E-state index in [4.69, 9.17) is 0 Å². The Labute approximate surface area is 146 Å². The molecule has 0 radical (unpaired) electrons. The molecule has 2 amide bonds. The maximum atomic E-state index is 12.6. The van der Waals surface area contributed by atoms with E-state index in [0.29, 0.717) is 17.8 Å². The van der Waals surface area contributed by atoms with Gasteiger partial charge in [-0.05, 0) is 48.9 Å². The molecule has 25 heavy (non-hydrogen) atoms. The second-order valence-corrected chi connectivity index (χ2v) is 6.66. The lowest BCUT2D eigenvalue weighted by Gasteiger charge is -2.23. The predicted octanol–water partition coefficient (Wildman–Crippen LogP) is 2.29. The molecule has 1 saturated carbocycles. The first-order chi connectivity index (χ1) is 12.0. The molecule has 1 aromatic rings. The lowest BCUT2D eigenvalue weighted by Crippen LogP contribution is -2.36. The number of hydrogen-bond acceptors (Lipinski definition) is 3. The summed E-state index contributed by atoms with van der Waals surface area (Å²) in [5.41, 5.74) is 1.09. The van der Waals surface area contributed by atoms with Crippen LogP contribution in [0.4, 0.5) is 5.69 Å². The number of fused-ring (bicyclic) bond motifs is 2. The standard InChI is InChI=1S/C19H22N2O4/c1-2-9-20-17(22)11-5-7-14(8-6-11)21-18(23)15-12-3-4-13(10-12)16(15)19(24)25/h3-8,12-13,15-16H,2,9-10H2,1H3,(H,20,22)(H,21,23)(H,24,25)/t12-,13-,15-,16+/m0/s1. The van der Waals surface area contributed by atoms with Gasteiger partial charge in [0, 0.05) is 17.8 Å². The summed E-state index contributed by atoms with van der Waals surface area (Å²) in [4.78, 5) is 36.0. The third-order valence-electron chi connectivity index (χ3n) is 5.00. The smallest absolute Gasteiger partial charge is 0.307 e. The number of carboxylic acids is 1. The van der Waals surface area contributed by atoms with Crippen molar-refractivity contribution < 1.29 is 19.5 Å². The van der Waals surface area contributed by atoms with Gasteiger partial charge in [0.15, 0.2) is 0 Å². The first-order valence-corrected chi connectivity index (χ1v) is 8.61. The van der Waals surface area contributed by atoms with Crippen LogP contribution in [0.5, 0.6) is 0 Å². The van der Waals surface area contributed by atoms with Gasteiger partial charge in [0.1, 0.15) is 0 Å². The van der Waals surface area contributed by atoms with Crippen LogP contribution in [0.3, 0.4) is 0 Å². The van der Waals surface area contributed by atoms with E-state index in [1.54, 1.807) is 24.3 Å². The van der Waals surface area contributed by atoms with Crippen LogP contribution in [0, 0.1) is 23.7 Å². The fourth-order valence-corrected chi connectivity index (χ4v) is 3.79. The Morgan fingerprint density at radius 2 is 1.72 bits per heavy atom. The number of nitrogens with one attached hydrogen (secondary N) is 2. The van der Waals surface area contributed by atoms with E-state index < -0.39 is 17.8 Å². The van der Waals surface area contributed by atoms with E-state index in [0.717, 1.165) is 12.8 Å². The maximum Gasteiger partial charge on any atom is 0.307 e. The van der Waals surface area contributed by atoms with Gasteiger partial charge in [0.25, 0.3) is 5.91 Å². The number of rotatable bonds is 6. The first-order valence-electron chi connectivity index (χ1n) is 8.61. The van der Waals surface area contributed by atoms with Crippen LogP contribution in [0.1, 0.15) is 30.1 Å². The Bertz CT molecular complexity index is 711. The average Bonchev–Trinajstić information content (AvgIpc) is 3.21. The molecule has 2 aliphatic rings. The van der Waals surface area contributed by atoms with Crippen molar-refractivity contribution in [2.24, 2.45) is 23.7 Å². The molecule has 0 spiro atoms. The van der Waals surface area contributed by atoms with E-state index >= 15 is 0 Å². The highest BCUT2D eigenvalue weighted by Gasteiger charge is 2.51. The van der Waals surface area contributed by atoms with Crippen LogP contribution in [-0.4, -0.2) is 29.4 Å². The number of carbonyl (C=O) groups is 3. The number of aliphatic carboxylic acids is 1. The number of anilines is 1. The Morgan fingerprint density at radius 1 is 1.08 bits per heavy atom. The summed E-state index contributed by atoms with van der Waals surface area (Å²) in [6.45, 7) is 2.60. The van der Waals surface area contributed by atoms with Crippen molar-refractivity contribution in [1.29, 1.82) is 0 Å². The lowest BCUT2D eigenvalue weighted by molar-refractivity contribution is -0.146. The van der Waals surface area contributed by atoms with E-state index in [1.165, 1.54) is 0 Å². The monoisotopic (exact) mass is 342 g/mol. The number of carbonyl (C=O) groups excluding carboxylic acids is 2. The first kappa shape index (κ1) is 17.2. The molecule has 0 heterocycles. The normalized spacial score (nSPS) is 26.4. The molecule has 6 nitrogen and oxygen atoms in total. The quantitative estimate of drug-likeness (QED) is 0.691. The second kappa shape index (κ2) is 7.09. The van der Waals surface area contributed by atoms with Gasteiger partial charge in [-0.25, -0.2) is 0 Å². The fourth-order valence-electron chi connectivity index (χ4n) is 3.79. The zero-order chi connectivity index (χ0) is 18.0. The van der Waals surface area contributed by atoms with Gasteiger partial charge in [0.05, 0.1) is 11.8 Å². The molecule has 4 atom stereocenters. The molecule has 1 fully saturated rings. The summed E-state index contributed by atoms with van der Waals surface area (Å²) in [7, 11) is 0. The summed E-state index contributed by atoms with van der Waals surface area (Å²) in [6, 6.07) is 6.63. The topological polar surface area (TPSA) is 95.5 Å². The highest BCUT2D eigenvalue weighted by molar-refractivity contribution is 5.98. The molecule has 0 unspecified atom stereocenters. The fraction of sp³-hybridized carbons (Fsp3) is 0.421. The highest BCUT2D eigenvalue weighted by Crippen LogP contribution is 2.48. The van der Waals surface area contributed by atoms with Crippen LogP contribution in [-0.2, 0) is 9.59 Å². The SMILES string of the molecule is CCCNC(=O)c1ccc(NC(=O)[C@@H]2[C@H](C(=O)O)[C@H]3C=C[C@H]2C3)cc1. The highest BCUT2D eigenvalue weighted by atomic mass is 16.4. The molecule has 3 N–H and O–H groups in total. The van der Waals surface area contributed by atoms with Gasteiger partial charge in [-0.1, -0.05) is 19.1 Å². The molecule has 3 rings (SSSR count). The van der Waals surface area contributed by atoms with Gasteiger partial charge in [-0.2, -0.15) is 0 Å². The number of allylic oxidation sites excluding steroid dienone is 2. The van der Waals surface area contributed by atoms with E-state index in [-0.39, 0.29) is 23.7 Å². The van der Waals surface area contributed by atoms with Crippen molar-refractivity contribution in [2.75, 3.05) is 11.9 Å². The Balaban J connectivity index is 1.66. The summed E-state index contributed by atoms with van der Waals surface area (Å²) in [5.74, 6) is -2.60. The minimum absolute atomic E-state index is 0.00908. The van der Waals surface area contributed by atoms with Crippen molar-refractivity contribution >= 4 is 23.5 Å². The summed E-state index contributed by atoms with van der Waals surface area (Å²) < 4.78 is 0. The summed E-state index contributed by atoms with van der Waals surface area (Å²) >= 11 is 0. The molecule has 0 aromatic heterocycles. The van der Waals surface area contributed by atoms with E-state index in [1.807, 2.05) is 19.1 Å². The Hall–Kier alpha value is -2.63. The number of benzene rings is 1. The lowest BCUT2D eigenvalue weighted by atomic mass is 9.82. The molecule has 132 valence electrons. The zero-order valence-electron chi connectivity index (χ0n) is 14.1. The van der Waals surface area contributed by atoms with Crippen molar-refractivity contribution in [3.8, 4) is 0 Å². The second-order valence-electron chi connectivity index (χ2n) is 6.66. The van der Waals surface area contributed by atoms with Crippen LogP contribution >= 0.6 is 0 Å². The zero-order valence-corrected chi connectivity index (χ0v) is 14.1. The van der Waals surface area contributed by atoms with Crippen LogP contribution in [0.2, 0.25) is 0 Å². The van der Waals surface area contributed by atoms with Gasteiger partial charge in [-0.3, -0.25) is 14.4 Å². The largest absolute Gasteiger partial charge is 0.481 e. The summed E-state index contributed by atoms with van der Waals surface area (Å²) in [5, 5.41) is 15.0. The van der Waals surface area contributed by atoms with Crippen LogP contribution in [0.15, 0.2) is 36.4 Å². The number of hydrogen-bond donors (Lipinski definition) is 3.